The third-order valence-electron chi connectivity index (χ3n) is 1.83. The molecule has 1 aromatic carbocycles. The van der Waals surface area contributed by atoms with Crippen molar-refractivity contribution in [2.75, 3.05) is 6.26 Å². The molecule has 0 aliphatic heterocycles. The molecule has 1 N–H and O–H groups in total. The average molecular weight is 439 g/mol. The van der Waals surface area contributed by atoms with E-state index >= 15 is 0 Å². The minimum atomic E-state index is -0.658. The van der Waals surface area contributed by atoms with Crippen molar-refractivity contribution in [3.05, 3.63) is 25.5 Å². The van der Waals surface area contributed by atoms with E-state index in [1.807, 2.05) is 22.6 Å². The maximum Gasteiger partial charge on any atom is 0.183 e. The summed E-state index contributed by atoms with van der Waals surface area (Å²) in [5.41, 5.74) is 0.0611. The molecule has 0 fully saturated rings. The first kappa shape index (κ1) is 15.2. The highest BCUT2D eigenvalue weighted by Gasteiger charge is 2.16. The van der Waals surface area contributed by atoms with E-state index in [0.717, 1.165) is 0 Å². The van der Waals surface area contributed by atoms with E-state index in [0.29, 0.717) is 8.74 Å². The van der Waals surface area contributed by atoms with Gasteiger partial charge in [-0.15, -0.1) is 0 Å². The first-order chi connectivity index (χ1) is 8.54. The van der Waals surface area contributed by atoms with Crippen LogP contribution in [0.15, 0.2) is 15.5 Å². The van der Waals surface area contributed by atoms with E-state index in [2.05, 4.69) is 26.2 Å². The fourth-order valence-electron chi connectivity index (χ4n) is 1.07. The van der Waals surface area contributed by atoms with Crippen LogP contribution in [0.3, 0.4) is 0 Å². The Balaban J connectivity index is 3.47. The highest BCUT2D eigenvalue weighted by atomic mass is 127. The van der Waals surface area contributed by atoms with Gasteiger partial charge in [-0.05, 0) is 50.8 Å². The topological polar surface area (TPSA) is 72.0 Å². The molecule has 92 valence electrons. The minimum absolute atomic E-state index is 0.153. The van der Waals surface area contributed by atoms with E-state index in [1.54, 1.807) is 18.5 Å². The van der Waals surface area contributed by atoms with Crippen LogP contribution in [0.5, 0.6) is 0 Å². The van der Waals surface area contributed by atoms with Crippen molar-refractivity contribution in [3.63, 3.8) is 0 Å². The number of amidine groups is 1. The monoisotopic (exact) mass is 438 g/mol. The maximum absolute atomic E-state index is 13.7. The summed E-state index contributed by atoms with van der Waals surface area (Å²) in [6, 6.07) is 3.31. The zero-order valence-corrected chi connectivity index (χ0v) is 13.5. The predicted octanol–water partition coefficient (Wildman–Crippen LogP) is 3.49. The number of nitriles is 2. The van der Waals surface area contributed by atoms with E-state index < -0.39 is 5.82 Å². The molecular formula is C10H5BrFIN4S. The summed E-state index contributed by atoms with van der Waals surface area (Å²) in [4.78, 5) is 4.09. The Labute approximate surface area is 130 Å². The summed E-state index contributed by atoms with van der Waals surface area (Å²) in [5.74, 6) is -0.658. The Morgan fingerprint density at radius 2 is 2.28 bits per heavy atom. The fraction of sp³-hybridized carbons (Fsp3) is 0.100. The first-order valence-corrected chi connectivity index (χ1v) is 7.50. The molecule has 0 unspecified atom stereocenters. The van der Waals surface area contributed by atoms with Gasteiger partial charge in [-0.2, -0.15) is 10.5 Å². The number of nitrogens with zero attached hydrogens (tertiary/aromatic N) is 3. The molecule has 0 heterocycles. The van der Waals surface area contributed by atoms with Crippen LogP contribution in [0.2, 0.25) is 0 Å². The number of thioether (sulfide) groups is 1. The van der Waals surface area contributed by atoms with E-state index in [9.17, 15) is 4.39 Å². The Hall–Kier alpha value is -0.840. The minimum Gasteiger partial charge on any atom is -0.271 e. The Kier molecular flexibility index (Phi) is 5.85. The molecule has 1 aromatic rings. The molecule has 18 heavy (non-hydrogen) atoms. The predicted molar refractivity (Wildman–Crippen MR) is 80.9 cm³/mol. The van der Waals surface area contributed by atoms with Gasteiger partial charge in [0.1, 0.15) is 17.3 Å². The molecule has 0 atom stereocenters. The van der Waals surface area contributed by atoms with Crippen molar-refractivity contribution < 1.29 is 4.39 Å². The zero-order valence-electron chi connectivity index (χ0n) is 8.96. The van der Waals surface area contributed by atoms with Crippen molar-refractivity contribution >= 4 is 61.1 Å². The van der Waals surface area contributed by atoms with Crippen LogP contribution < -0.4 is 5.32 Å². The summed E-state index contributed by atoms with van der Waals surface area (Å²) >= 11 is 6.19. The molecule has 0 amide bonds. The third-order valence-corrected chi connectivity index (χ3v) is 3.81. The first-order valence-electron chi connectivity index (χ1n) is 4.40. The van der Waals surface area contributed by atoms with Crippen LogP contribution in [0.25, 0.3) is 0 Å². The fourth-order valence-corrected chi connectivity index (χ4v) is 2.96. The molecule has 0 spiro atoms. The molecular weight excluding hydrogens is 434 g/mol. The number of rotatable bonds is 1. The lowest BCUT2D eigenvalue weighted by atomic mass is 10.2. The van der Waals surface area contributed by atoms with Gasteiger partial charge in [0.15, 0.2) is 17.2 Å². The van der Waals surface area contributed by atoms with Gasteiger partial charge in [0.05, 0.1) is 4.47 Å². The Bertz CT molecular complexity index is 591. The Morgan fingerprint density at radius 3 is 2.78 bits per heavy atom. The van der Waals surface area contributed by atoms with Crippen molar-refractivity contribution in [2.24, 2.45) is 4.99 Å². The molecule has 0 aromatic heterocycles. The molecule has 8 heteroatoms. The van der Waals surface area contributed by atoms with E-state index in [-0.39, 0.29) is 15.7 Å². The molecule has 0 bridgehead atoms. The second-order valence-electron chi connectivity index (χ2n) is 2.85. The van der Waals surface area contributed by atoms with Gasteiger partial charge < -0.3 is 0 Å². The van der Waals surface area contributed by atoms with Crippen LogP contribution in [0.1, 0.15) is 5.56 Å². The molecule has 4 nitrogen and oxygen atoms in total. The van der Waals surface area contributed by atoms with E-state index in [1.165, 1.54) is 17.8 Å². The molecule has 0 aliphatic rings. The number of benzene rings is 1. The molecule has 0 radical (unpaired) electrons. The van der Waals surface area contributed by atoms with Crippen molar-refractivity contribution in [1.82, 2.24) is 5.32 Å². The number of halogens is 3. The highest BCUT2D eigenvalue weighted by Crippen LogP contribution is 2.33. The summed E-state index contributed by atoms with van der Waals surface area (Å²) < 4.78 is 14.6. The normalized spacial score (nSPS) is 10.7. The van der Waals surface area contributed by atoms with Crippen molar-refractivity contribution in [3.8, 4) is 12.3 Å². The quantitative estimate of drug-likeness (QED) is 0.182. The zero-order chi connectivity index (χ0) is 13.7. The van der Waals surface area contributed by atoms with E-state index in [4.69, 9.17) is 10.5 Å². The van der Waals surface area contributed by atoms with Crippen LogP contribution in [0, 0.1) is 32.2 Å². The van der Waals surface area contributed by atoms with Crippen LogP contribution >= 0.6 is 50.3 Å². The van der Waals surface area contributed by atoms with Crippen LogP contribution in [-0.4, -0.2) is 11.4 Å². The van der Waals surface area contributed by atoms with Gasteiger partial charge in [-0.1, -0.05) is 11.8 Å². The molecule has 0 aliphatic carbocycles. The molecule has 0 saturated heterocycles. The van der Waals surface area contributed by atoms with Crippen molar-refractivity contribution in [1.29, 1.82) is 10.5 Å². The van der Waals surface area contributed by atoms with Gasteiger partial charge in [-0.25, -0.2) is 9.38 Å². The lowest BCUT2D eigenvalue weighted by Gasteiger charge is -2.06. The molecule has 0 saturated carbocycles. The van der Waals surface area contributed by atoms with Gasteiger partial charge in [0, 0.05) is 3.57 Å². The summed E-state index contributed by atoms with van der Waals surface area (Å²) in [6.45, 7) is 0. The van der Waals surface area contributed by atoms with Gasteiger partial charge in [-0.3, -0.25) is 5.32 Å². The number of hydrogen-bond donors (Lipinski definition) is 1. The highest BCUT2D eigenvalue weighted by molar-refractivity contribution is 14.1. The number of hydrogen-bond acceptors (Lipinski definition) is 4. The second kappa shape index (κ2) is 6.92. The van der Waals surface area contributed by atoms with Crippen LogP contribution in [0.4, 0.5) is 10.1 Å². The summed E-state index contributed by atoms with van der Waals surface area (Å²) in [5, 5.41) is 20.2. The largest absolute Gasteiger partial charge is 0.271 e. The van der Waals surface area contributed by atoms with Crippen molar-refractivity contribution in [2.45, 2.75) is 0 Å². The molecule has 1 rings (SSSR count). The maximum atomic E-state index is 13.7. The van der Waals surface area contributed by atoms with Gasteiger partial charge in [0.2, 0.25) is 0 Å². The SMILES string of the molecule is CSC(=Nc1c(I)cc(Br)c(F)c1C#N)NC#N. The number of nitrogens with one attached hydrogen (secondary N) is 1. The van der Waals surface area contributed by atoms with Gasteiger partial charge in [0.25, 0.3) is 0 Å². The van der Waals surface area contributed by atoms with Gasteiger partial charge >= 0.3 is 0 Å². The Morgan fingerprint density at radius 1 is 1.61 bits per heavy atom. The third kappa shape index (κ3) is 3.34. The summed E-state index contributed by atoms with van der Waals surface area (Å²) in [7, 11) is 0. The lowest BCUT2D eigenvalue weighted by Crippen LogP contribution is -2.12. The summed E-state index contributed by atoms with van der Waals surface area (Å²) in [6.07, 6.45) is 3.45. The number of aliphatic imine (C=N–C) groups is 1. The average Bonchev–Trinajstić information content (AvgIpc) is 2.35. The lowest BCUT2D eigenvalue weighted by molar-refractivity contribution is 0.617. The second-order valence-corrected chi connectivity index (χ2v) is 5.66. The van der Waals surface area contributed by atoms with Crippen LogP contribution in [-0.2, 0) is 0 Å². The standard InChI is InChI=1S/C10H5BrFIN4S/c1-18-10(16-4-15)17-9-5(3-14)8(12)6(11)2-7(9)13/h2H,1H3,(H,16,17). The smallest absolute Gasteiger partial charge is 0.183 e.